The van der Waals surface area contributed by atoms with Crippen LogP contribution in [0.4, 0.5) is 16.2 Å². The van der Waals surface area contributed by atoms with Gasteiger partial charge in [0.05, 0.1) is 6.04 Å². The standard InChI is InChI=1S/C23H30N4O/c1-26-13-7-8-18-16-19(11-12-21(18)26)22(27-14-5-6-15-27)17-24-23(28)25-20-9-3-2-4-10-20/h2-4,9-12,16,22H,5-8,13-15,17H2,1H3,(H2,24,25,28)/t22-/m0/s1. The number of likely N-dealkylation sites (tertiary alicyclic amines) is 1. The normalized spacial score (nSPS) is 17.8. The van der Waals surface area contributed by atoms with Crippen molar-refractivity contribution >= 4 is 17.4 Å². The summed E-state index contributed by atoms with van der Waals surface area (Å²) in [6, 6.07) is 16.5. The molecule has 2 amide bonds. The van der Waals surface area contributed by atoms with Crippen molar-refractivity contribution in [3.05, 3.63) is 59.7 Å². The molecular formula is C23H30N4O. The lowest BCUT2D eigenvalue weighted by Gasteiger charge is -2.32. The van der Waals surface area contributed by atoms with Crippen molar-refractivity contribution in [2.45, 2.75) is 31.7 Å². The molecule has 5 heteroatoms. The zero-order chi connectivity index (χ0) is 19.3. The smallest absolute Gasteiger partial charge is 0.319 e. The molecule has 0 aromatic heterocycles. The number of nitrogens with zero attached hydrogens (tertiary/aromatic N) is 2. The molecule has 148 valence electrons. The Morgan fingerprint density at radius 1 is 1.04 bits per heavy atom. The van der Waals surface area contributed by atoms with Gasteiger partial charge in [-0.2, -0.15) is 0 Å². The Morgan fingerprint density at radius 2 is 1.82 bits per heavy atom. The van der Waals surface area contributed by atoms with Crippen molar-refractivity contribution in [3.8, 4) is 0 Å². The van der Waals surface area contributed by atoms with Crippen LogP contribution in [0, 0.1) is 0 Å². The minimum Gasteiger partial charge on any atom is -0.374 e. The Kier molecular flexibility index (Phi) is 5.81. The third-order valence-corrected chi connectivity index (χ3v) is 5.91. The van der Waals surface area contributed by atoms with Crippen molar-refractivity contribution < 1.29 is 4.79 Å². The quantitative estimate of drug-likeness (QED) is 0.826. The van der Waals surface area contributed by atoms with E-state index in [1.165, 1.54) is 36.1 Å². The number of fused-ring (bicyclic) bond motifs is 1. The first-order valence-corrected chi connectivity index (χ1v) is 10.4. The van der Waals surface area contributed by atoms with Crippen LogP contribution in [0.5, 0.6) is 0 Å². The molecule has 28 heavy (non-hydrogen) atoms. The molecule has 2 N–H and O–H groups in total. The maximum atomic E-state index is 12.4. The topological polar surface area (TPSA) is 47.6 Å². The molecule has 2 aliphatic rings. The number of hydrogen-bond acceptors (Lipinski definition) is 3. The number of carbonyl (C=O) groups is 1. The molecule has 2 heterocycles. The molecule has 0 aliphatic carbocycles. The molecule has 5 nitrogen and oxygen atoms in total. The van der Waals surface area contributed by atoms with E-state index in [1.807, 2.05) is 30.3 Å². The van der Waals surface area contributed by atoms with E-state index in [4.69, 9.17) is 0 Å². The lowest BCUT2D eigenvalue weighted by Crippen LogP contribution is -2.38. The van der Waals surface area contributed by atoms with Crippen LogP contribution in [-0.4, -0.2) is 44.2 Å². The summed E-state index contributed by atoms with van der Waals surface area (Å²) in [6.07, 6.45) is 4.82. The van der Waals surface area contributed by atoms with E-state index in [2.05, 4.69) is 45.7 Å². The van der Waals surface area contributed by atoms with Crippen LogP contribution in [0.1, 0.15) is 36.4 Å². The van der Waals surface area contributed by atoms with E-state index >= 15 is 0 Å². The van der Waals surface area contributed by atoms with Gasteiger partial charge in [-0.3, -0.25) is 4.90 Å². The van der Waals surface area contributed by atoms with E-state index in [0.29, 0.717) is 6.54 Å². The molecule has 0 unspecified atom stereocenters. The predicted molar refractivity (Wildman–Crippen MR) is 115 cm³/mol. The molecule has 2 aliphatic heterocycles. The number of aryl methyl sites for hydroxylation is 1. The van der Waals surface area contributed by atoms with Crippen LogP contribution in [-0.2, 0) is 6.42 Å². The first kappa shape index (κ1) is 18.8. The van der Waals surface area contributed by atoms with Crippen LogP contribution in [0.3, 0.4) is 0 Å². The Bertz CT molecular complexity index is 802. The average Bonchev–Trinajstić information content (AvgIpc) is 3.23. The van der Waals surface area contributed by atoms with Crippen LogP contribution in [0.2, 0.25) is 0 Å². The summed E-state index contributed by atoms with van der Waals surface area (Å²) in [5.41, 5.74) is 4.92. The third-order valence-electron chi connectivity index (χ3n) is 5.91. The highest BCUT2D eigenvalue weighted by Gasteiger charge is 2.25. The lowest BCUT2D eigenvalue weighted by atomic mass is 9.96. The fourth-order valence-corrected chi connectivity index (χ4v) is 4.41. The van der Waals surface area contributed by atoms with Gasteiger partial charge in [-0.05, 0) is 68.1 Å². The summed E-state index contributed by atoms with van der Waals surface area (Å²) in [6.45, 7) is 3.95. The van der Waals surface area contributed by atoms with Gasteiger partial charge in [0.25, 0.3) is 0 Å². The van der Waals surface area contributed by atoms with Gasteiger partial charge in [-0.15, -0.1) is 0 Å². The van der Waals surface area contributed by atoms with Crippen LogP contribution >= 0.6 is 0 Å². The van der Waals surface area contributed by atoms with Gasteiger partial charge in [0.15, 0.2) is 0 Å². The van der Waals surface area contributed by atoms with Gasteiger partial charge in [0.1, 0.15) is 0 Å². The van der Waals surface area contributed by atoms with Crippen molar-refractivity contribution in [1.82, 2.24) is 10.2 Å². The summed E-state index contributed by atoms with van der Waals surface area (Å²) in [5, 5.41) is 6.01. The Balaban J connectivity index is 1.47. The van der Waals surface area contributed by atoms with Crippen molar-refractivity contribution in [2.75, 3.05) is 43.4 Å². The number of hydrogen-bond donors (Lipinski definition) is 2. The summed E-state index contributed by atoms with van der Waals surface area (Å²) < 4.78 is 0. The number of para-hydroxylation sites is 1. The van der Waals surface area contributed by atoms with E-state index in [9.17, 15) is 4.79 Å². The first-order valence-electron chi connectivity index (χ1n) is 10.4. The monoisotopic (exact) mass is 378 g/mol. The average molecular weight is 379 g/mol. The third kappa shape index (κ3) is 4.30. The van der Waals surface area contributed by atoms with E-state index in [0.717, 1.165) is 31.7 Å². The summed E-state index contributed by atoms with van der Waals surface area (Å²) in [4.78, 5) is 17.2. The fraction of sp³-hybridized carbons (Fsp3) is 0.435. The SMILES string of the molecule is CN1CCCc2cc([C@H](CNC(=O)Nc3ccccc3)N3CCCC3)ccc21. The maximum absolute atomic E-state index is 12.4. The number of nitrogens with one attached hydrogen (secondary N) is 2. The Morgan fingerprint density at radius 3 is 2.61 bits per heavy atom. The highest BCUT2D eigenvalue weighted by molar-refractivity contribution is 5.89. The molecule has 4 rings (SSSR count). The predicted octanol–water partition coefficient (Wildman–Crippen LogP) is 4.03. The molecule has 0 saturated carbocycles. The summed E-state index contributed by atoms with van der Waals surface area (Å²) in [7, 11) is 2.17. The van der Waals surface area contributed by atoms with Crippen molar-refractivity contribution in [2.24, 2.45) is 0 Å². The minimum atomic E-state index is -0.145. The van der Waals surface area contributed by atoms with Gasteiger partial charge in [0.2, 0.25) is 0 Å². The molecule has 0 spiro atoms. The number of urea groups is 1. The lowest BCUT2D eigenvalue weighted by molar-refractivity contribution is 0.227. The van der Waals surface area contributed by atoms with Gasteiger partial charge >= 0.3 is 6.03 Å². The second-order valence-corrected chi connectivity index (χ2v) is 7.87. The van der Waals surface area contributed by atoms with Crippen LogP contribution in [0.25, 0.3) is 0 Å². The first-order chi connectivity index (χ1) is 13.7. The zero-order valence-electron chi connectivity index (χ0n) is 16.7. The molecule has 2 aromatic carbocycles. The van der Waals surface area contributed by atoms with Gasteiger partial charge in [-0.25, -0.2) is 4.79 Å². The molecular weight excluding hydrogens is 348 g/mol. The Hall–Kier alpha value is -2.53. The number of rotatable bonds is 5. The van der Waals surface area contributed by atoms with Crippen LogP contribution < -0.4 is 15.5 Å². The Labute approximate surface area is 167 Å². The van der Waals surface area contributed by atoms with Crippen molar-refractivity contribution in [1.29, 1.82) is 0 Å². The number of amides is 2. The number of anilines is 2. The molecule has 0 radical (unpaired) electrons. The van der Waals surface area contributed by atoms with E-state index in [1.54, 1.807) is 0 Å². The van der Waals surface area contributed by atoms with E-state index < -0.39 is 0 Å². The fourth-order valence-electron chi connectivity index (χ4n) is 4.41. The highest BCUT2D eigenvalue weighted by Crippen LogP contribution is 2.31. The number of benzene rings is 2. The van der Waals surface area contributed by atoms with Gasteiger partial charge in [-0.1, -0.05) is 30.3 Å². The second kappa shape index (κ2) is 8.65. The summed E-state index contributed by atoms with van der Waals surface area (Å²) in [5.74, 6) is 0. The highest BCUT2D eigenvalue weighted by atomic mass is 16.2. The summed E-state index contributed by atoms with van der Waals surface area (Å²) >= 11 is 0. The molecule has 1 fully saturated rings. The van der Waals surface area contributed by atoms with Gasteiger partial charge in [0, 0.05) is 31.5 Å². The second-order valence-electron chi connectivity index (χ2n) is 7.87. The van der Waals surface area contributed by atoms with Crippen LogP contribution in [0.15, 0.2) is 48.5 Å². The molecule has 2 aromatic rings. The minimum absolute atomic E-state index is 0.145. The maximum Gasteiger partial charge on any atom is 0.319 e. The molecule has 1 saturated heterocycles. The number of carbonyl (C=O) groups excluding carboxylic acids is 1. The van der Waals surface area contributed by atoms with Crippen molar-refractivity contribution in [3.63, 3.8) is 0 Å². The molecule has 0 bridgehead atoms. The van der Waals surface area contributed by atoms with E-state index in [-0.39, 0.29) is 12.1 Å². The molecule has 1 atom stereocenters. The largest absolute Gasteiger partial charge is 0.374 e. The zero-order valence-corrected chi connectivity index (χ0v) is 16.7. The van der Waals surface area contributed by atoms with Gasteiger partial charge < -0.3 is 15.5 Å².